The monoisotopic (exact) mass is 212 g/mol. The minimum Gasteiger partial charge on any atom is -0.350 e. The van der Waals surface area contributed by atoms with Gasteiger partial charge in [0, 0.05) is 18.1 Å². The van der Waals surface area contributed by atoms with Crippen molar-refractivity contribution in [3.05, 3.63) is 29.1 Å². The van der Waals surface area contributed by atoms with Crippen LogP contribution >= 0.6 is 11.6 Å². The van der Waals surface area contributed by atoms with E-state index in [1.54, 1.807) is 6.07 Å². The molecule has 1 aromatic heterocycles. The Labute approximate surface area is 88.5 Å². The van der Waals surface area contributed by atoms with Crippen LogP contribution in [0, 0.1) is 13.8 Å². The number of carbonyl (C=O) groups is 1. The van der Waals surface area contributed by atoms with Gasteiger partial charge in [0.25, 0.3) is 5.91 Å². The van der Waals surface area contributed by atoms with E-state index in [9.17, 15) is 4.79 Å². The van der Waals surface area contributed by atoms with E-state index in [4.69, 9.17) is 11.6 Å². The van der Waals surface area contributed by atoms with Crippen LogP contribution in [0.25, 0.3) is 0 Å². The van der Waals surface area contributed by atoms with E-state index in [2.05, 4.69) is 10.3 Å². The molecule has 0 atom stereocenters. The third kappa shape index (κ3) is 3.00. The number of aryl methyl sites for hydroxylation is 2. The zero-order valence-corrected chi connectivity index (χ0v) is 9.06. The largest absolute Gasteiger partial charge is 0.350 e. The molecule has 0 spiro atoms. The summed E-state index contributed by atoms with van der Waals surface area (Å²) in [6.45, 7) is 4.27. The smallest absolute Gasteiger partial charge is 0.269 e. The van der Waals surface area contributed by atoms with Crippen molar-refractivity contribution in [2.45, 2.75) is 13.8 Å². The molecule has 0 aromatic carbocycles. The van der Waals surface area contributed by atoms with E-state index in [0.717, 1.165) is 11.3 Å². The second-order valence-electron chi connectivity index (χ2n) is 3.12. The average molecular weight is 213 g/mol. The van der Waals surface area contributed by atoms with Gasteiger partial charge in [0.05, 0.1) is 0 Å². The summed E-state index contributed by atoms with van der Waals surface area (Å²) in [5.74, 6) is 0.244. The van der Waals surface area contributed by atoms with Gasteiger partial charge in [-0.15, -0.1) is 11.6 Å². The molecule has 0 saturated heterocycles. The molecule has 1 aromatic rings. The third-order valence-corrected chi connectivity index (χ3v) is 1.90. The predicted octanol–water partition coefficient (Wildman–Crippen LogP) is 1.67. The van der Waals surface area contributed by atoms with Gasteiger partial charge in [0.15, 0.2) is 0 Å². The normalized spacial score (nSPS) is 9.93. The van der Waals surface area contributed by atoms with Gasteiger partial charge in [-0.05, 0) is 31.5 Å². The van der Waals surface area contributed by atoms with Crippen molar-refractivity contribution in [1.82, 2.24) is 10.3 Å². The molecule has 0 aliphatic carbocycles. The molecule has 1 amide bonds. The molecule has 1 rings (SSSR count). The summed E-state index contributed by atoms with van der Waals surface area (Å²) in [4.78, 5) is 15.6. The number of amides is 1. The van der Waals surface area contributed by atoms with Crippen LogP contribution in [-0.4, -0.2) is 23.3 Å². The number of nitrogens with zero attached hydrogens (tertiary/aromatic N) is 1. The zero-order valence-electron chi connectivity index (χ0n) is 8.30. The SMILES string of the molecule is Cc1cc(C)nc(C(=O)NCCCl)c1. The van der Waals surface area contributed by atoms with Gasteiger partial charge in [0.2, 0.25) is 0 Å². The number of hydrogen-bond donors (Lipinski definition) is 1. The topological polar surface area (TPSA) is 42.0 Å². The number of aromatic nitrogens is 1. The molecule has 0 bridgehead atoms. The summed E-state index contributed by atoms with van der Waals surface area (Å²) in [5.41, 5.74) is 2.34. The maximum Gasteiger partial charge on any atom is 0.269 e. The van der Waals surface area contributed by atoms with Gasteiger partial charge in [-0.25, -0.2) is 4.98 Å². The highest BCUT2D eigenvalue weighted by Crippen LogP contribution is 2.03. The van der Waals surface area contributed by atoms with E-state index in [0.29, 0.717) is 18.1 Å². The van der Waals surface area contributed by atoms with Crippen LogP contribution in [0.4, 0.5) is 0 Å². The molecule has 14 heavy (non-hydrogen) atoms. The van der Waals surface area contributed by atoms with Crippen LogP contribution in [0.15, 0.2) is 12.1 Å². The van der Waals surface area contributed by atoms with Crippen LogP contribution in [0.5, 0.6) is 0 Å². The Hall–Kier alpha value is -1.09. The molecule has 0 fully saturated rings. The van der Waals surface area contributed by atoms with Gasteiger partial charge in [-0.1, -0.05) is 0 Å². The first-order valence-corrected chi connectivity index (χ1v) is 4.96. The quantitative estimate of drug-likeness (QED) is 0.775. The molecule has 0 saturated carbocycles. The summed E-state index contributed by atoms with van der Waals surface area (Å²) < 4.78 is 0. The second-order valence-corrected chi connectivity index (χ2v) is 3.49. The molecule has 76 valence electrons. The molecule has 3 nitrogen and oxygen atoms in total. The minimum atomic E-state index is -0.169. The van der Waals surface area contributed by atoms with Crippen LogP contribution in [-0.2, 0) is 0 Å². The highest BCUT2D eigenvalue weighted by atomic mass is 35.5. The van der Waals surface area contributed by atoms with Crippen molar-refractivity contribution in [3.63, 3.8) is 0 Å². The van der Waals surface area contributed by atoms with Crippen molar-refractivity contribution >= 4 is 17.5 Å². The Morgan fingerprint density at radius 2 is 2.21 bits per heavy atom. The Bertz CT molecular complexity index is 319. The van der Waals surface area contributed by atoms with Crippen LogP contribution in [0.2, 0.25) is 0 Å². The minimum absolute atomic E-state index is 0.169. The molecule has 0 unspecified atom stereocenters. The lowest BCUT2D eigenvalue weighted by Gasteiger charge is -2.04. The van der Waals surface area contributed by atoms with Crippen molar-refractivity contribution < 1.29 is 4.79 Å². The fourth-order valence-electron chi connectivity index (χ4n) is 1.21. The maximum atomic E-state index is 11.5. The summed E-state index contributed by atoms with van der Waals surface area (Å²) in [6.07, 6.45) is 0. The Kier molecular flexibility index (Phi) is 3.89. The van der Waals surface area contributed by atoms with Crippen molar-refractivity contribution in [2.75, 3.05) is 12.4 Å². The van der Waals surface area contributed by atoms with Crippen LogP contribution in [0.3, 0.4) is 0 Å². The standard InChI is InChI=1S/C10H13ClN2O/c1-7-5-8(2)13-9(6-7)10(14)12-4-3-11/h5-6H,3-4H2,1-2H3,(H,12,14). The maximum absolute atomic E-state index is 11.5. The summed E-state index contributed by atoms with van der Waals surface area (Å²) in [7, 11) is 0. The molecule has 0 radical (unpaired) electrons. The van der Waals surface area contributed by atoms with Crippen LogP contribution in [0.1, 0.15) is 21.7 Å². The Morgan fingerprint density at radius 1 is 1.50 bits per heavy atom. The lowest BCUT2D eigenvalue weighted by Crippen LogP contribution is -2.26. The molecule has 0 aliphatic rings. The van der Waals surface area contributed by atoms with Crippen LogP contribution < -0.4 is 5.32 Å². The number of hydrogen-bond acceptors (Lipinski definition) is 2. The number of pyridine rings is 1. The molecular weight excluding hydrogens is 200 g/mol. The first-order valence-electron chi connectivity index (χ1n) is 4.43. The van der Waals surface area contributed by atoms with E-state index < -0.39 is 0 Å². The second kappa shape index (κ2) is 4.96. The van der Waals surface area contributed by atoms with Gasteiger partial charge in [0.1, 0.15) is 5.69 Å². The van der Waals surface area contributed by atoms with E-state index >= 15 is 0 Å². The van der Waals surface area contributed by atoms with Crippen molar-refractivity contribution in [1.29, 1.82) is 0 Å². The number of rotatable bonds is 3. The zero-order chi connectivity index (χ0) is 10.6. The average Bonchev–Trinajstić information content (AvgIpc) is 2.12. The number of carbonyl (C=O) groups excluding carboxylic acids is 1. The molecule has 4 heteroatoms. The third-order valence-electron chi connectivity index (χ3n) is 1.71. The lowest BCUT2D eigenvalue weighted by atomic mass is 10.2. The van der Waals surface area contributed by atoms with Gasteiger partial charge in [-0.3, -0.25) is 4.79 Å². The van der Waals surface area contributed by atoms with Crippen molar-refractivity contribution in [3.8, 4) is 0 Å². The van der Waals surface area contributed by atoms with Crippen molar-refractivity contribution in [2.24, 2.45) is 0 Å². The highest BCUT2D eigenvalue weighted by Gasteiger charge is 2.06. The van der Waals surface area contributed by atoms with E-state index in [-0.39, 0.29) is 5.91 Å². The Morgan fingerprint density at radius 3 is 2.79 bits per heavy atom. The summed E-state index contributed by atoms with van der Waals surface area (Å²) in [6, 6.07) is 3.69. The number of halogens is 1. The first-order chi connectivity index (χ1) is 6.63. The lowest BCUT2D eigenvalue weighted by molar-refractivity contribution is 0.0951. The van der Waals surface area contributed by atoms with Gasteiger partial charge >= 0.3 is 0 Å². The Balaban J connectivity index is 2.79. The molecular formula is C10H13ClN2O. The molecule has 1 N–H and O–H groups in total. The molecule has 1 heterocycles. The number of nitrogens with one attached hydrogen (secondary N) is 1. The summed E-state index contributed by atoms with van der Waals surface area (Å²) >= 11 is 5.46. The van der Waals surface area contributed by atoms with Gasteiger partial charge in [-0.2, -0.15) is 0 Å². The van der Waals surface area contributed by atoms with E-state index in [1.807, 2.05) is 19.9 Å². The number of alkyl halides is 1. The predicted molar refractivity (Wildman–Crippen MR) is 56.8 cm³/mol. The fourth-order valence-corrected chi connectivity index (χ4v) is 1.30. The summed E-state index contributed by atoms with van der Waals surface area (Å²) in [5, 5.41) is 2.67. The van der Waals surface area contributed by atoms with E-state index in [1.165, 1.54) is 0 Å². The van der Waals surface area contributed by atoms with Gasteiger partial charge < -0.3 is 5.32 Å². The molecule has 0 aliphatic heterocycles. The fraction of sp³-hybridized carbons (Fsp3) is 0.400. The first kappa shape index (κ1) is 11.0. The highest BCUT2D eigenvalue weighted by molar-refractivity contribution is 6.18.